The molecule has 2 N–H and O–H groups in total. The summed E-state index contributed by atoms with van der Waals surface area (Å²) in [5.41, 5.74) is 0.883. The highest BCUT2D eigenvalue weighted by Crippen LogP contribution is 2.27. The number of benzene rings is 2. The molecule has 1 aromatic heterocycles. The lowest BCUT2D eigenvalue weighted by molar-refractivity contribution is -0.0799. The Labute approximate surface area is 175 Å². The van der Waals surface area contributed by atoms with Gasteiger partial charge in [-0.05, 0) is 42.0 Å². The SMILES string of the molecule is O=C(c1ccc(NS(=O)(=O)c2cccnc2)cc1)N1CC(O)(Cc2ccccc2)C1. The lowest BCUT2D eigenvalue weighted by Gasteiger charge is -2.46. The molecule has 0 saturated carbocycles. The minimum atomic E-state index is -3.74. The molecule has 1 fully saturated rings. The Hall–Kier alpha value is -3.23. The summed E-state index contributed by atoms with van der Waals surface area (Å²) in [5.74, 6) is -0.200. The summed E-state index contributed by atoms with van der Waals surface area (Å²) in [6.07, 6.45) is 3.25. The van der Waals surface area contributed by atoms with Gasteiger partial charge in [0.15, 0.2) is 0 Å². The molecular weight excluding hydrogens is 402 g/mol. The highest BCUT2D eigenvalue weighted by Gasteiger charge is 2.43. The van der Waals surface area contributed by atoms with Crippen LogP contribution in [0.15, 0.2) is 84.0 Å². The van der Waals surface area contributed by atoms with Crippen LogP contribution >= 0.6 is 0 Å². The lowest BCUT2D eigenvalue weighted by atomic mass is 9.86. The van der Waals surface area contributed by atoms with Gasteiger partial charge in [0.2, 0.25) is 0 Å². The molecule has 1 aliphatic rings. The number of carbonyl (C=O) groups excluding carboxylic acids is 1. The van der Waals surface area contributed by atoms with Crippen molar-refractivity contribution in [1.82, 2.24) is 9.88 Å². The molecule has 0 radical (unpaired) electrons. The van der Waals surface area contributed by atoms with Crippen molar-refractivity contribution in [2.24, 2.45) is 0 Å². The molecule has 30 heavy (non-hydrogen) atoms. The van der Waals surface area contributed by atoms with Crippen LogP contribution in [0, 0.1) is 0 Å². The van der Waals surface area contributed by atoms with E-state index in [2.05, 4.69) is 9.71 Å². The molecule has 0 spiro atoms. The van der Waals surface area contributed by atoms with Gasteiger partial charge in [0.05, 0.1) is 13.1 Å². The predicted octanol–water partition coefficient (Wildman–Crippen LogP) is 2.31. The zero-order chi connectivity index (χ0) is 21.2. The molecule has 3 aromatic rings. The first-order valence-corrected chi connectivity index (χ1v) is 10.9. The van der Waals surface area contributed by atoms with E-state index in [0.717, 1.165) is 5.56 Å². The largest absolute Gasteiger partial charge is 0.386 e. The number of carbonyl (C=O) groups is 1. The molecule has 2 aromatic carbocycles. The molecular formula is C22H21N3O4S. The monoisotopic (exact) mass is 423 g/mol. The van der Waals surface area contributed by atoms with Gasteiger partial charge < -0.3 is 10.0 Å². The van der Waals surface area contributed by atoms with E-state index < -0.39 is 15.6 Å². The standard InChI is InChI=1S/C22H21N3O4S/c26-21(25-15-22(27,16-25)13-17-5-2-1-3-6-17)18-8-10-19(11-9-18)24-30(28,29)20-7-4-12-23-14-20/h1-12,14,24,27H,13,15-16H2. The first-order chi connectivity index (χ1) is 14.3. The van der Waals surface area contributed by atoms with Crippen LogP contribution in [-0.2, 0) is 16.4 Å². The van der Waals surface area contributed by atoms with E-state index in [4.69, 9.17) is 0 Å². The van der Waals surface area contributed by atoms with Crippen molar-refractivity contribution in [3.05, 3.63) is 90.3 Å². The Balaban J connectivity index is 1.37. The van der Waals surface area contributed by atoms with Crippen molar-refractivity contribution >= 4 is 21.6 Å². The third kappa shape index (κ3) is 4.34. The maximum Gasteiger partial charge on any atom is 0.263 e. The Bertz CT molecular complexity index is 1130. The van der Waals surface area contributed by atoms with E-state index in [1.807, 2.05) is 30.3 Å². The molecule has 0 unspecified atom stereocenters. The molecule has 2 heterocycles. The average molecular weight is 423 g/mol. The molecule has 1 amide bonds. The van der Waals surface area contributed by atoms with Gasteiger partial charge in [-0.2, -0.15) is 0 Å². The number of nitrogens with zero attached hydrogens (tertiary/aromatic N) is 2. The molecule has 8 heteroatoms. The number of anilines is 1. The van der Waals surface area contributed by atoms with Gasteiger partial charge in [-0.25, -0.2) is 8.42 Å². The van der Waals surface area contributed by atoms with E-state index in [-0.39, 0.29) is 23.9 Å². The average Bonchev–Trinajstić information content (AvgIpc) is 2.73. The van der Waals surface area contributed by atoms with Crippen molar-refractivity contribution < 1.29 is 18.3 Å². The molecule has 1 aliphatic heterocycles. The topological polar surface area (TPSA) is 99.6 Å². The number of hydrogen-bond acceptors (Lipinski definition) is 5. The molecule has 0 bridgehead atoms. The quantitative estimate of drug-likeness (QED) is 0.634. The Morgan fingerprint density at radius 2 is 1.73 bits per heavy atom. The first kappa shape index (κ1) is 20.1. The Morgan fingerprint density at radius 1 is 1.03 bits per heavy atom. The lowest BCUT2D eigenvalue weighted by Crippen LogP contribution is -2.64. The molecule has 0 aliphatic carbocycles. The van der Waals surface area contributed by atoms with Gasteiger partial charge in [-0.3, -0.25) is 14.5 Å². The van der Waals surface area contributed by atoms with E-state index in [0.29, 0.717) is 17.7 Å². The van der Waals surface area contributed by atoms with Crippen LogP contribution in [0.4, 0.5) is 5.69 Å². The van der Waals surface area contributed by atoms with Crippen LogP contribution in [0.25, 0.3) is 0 Å². The third-order valence-corrected chi connectivity index (χ3v) is 6.33. The van der Waals surface area contributed by atoms with Crippen molar-refractivity contribution in [3.8, 4) is 0 Å². The second-order valence-corrected chi connectivity index (χ2v) is 9.10. The zero-order valence-corrected chi connectivity index (χ0v) is 16.9. The normalized spacial score (nSPS) is 15.3. The van der Waals surface area contributed by atoms with Crippen LogP contribution in [0.2, 0.25) is 0 Å². The summed E-state index contributed by atoms with van der Waals surface area (Å²) >= 11 is 0. The van der Waals surface area contributed by atoms with Crippen molar-refractivity contribution in [1.29, 1.82) is 0 Å². The van der Waals surface area contributed by atoms with Crippen LogP contribution in [0.5, 0.6) is 0 Å². The number of nitrogens with one attached hydrogen (secondary N) is 1. The van der Waals surface area contributed by atoms with Gasteiger partial charge in [-0.15, -0.1) is 0 Å². The van der Waals surface area contributed by atoms with Gasteiger partial charge in [0.25, 0.3) is 15.9 Å². The van der Waals surface area contributed by atoms with Crippen molar-refractivity contribution in [2.75, 3.05) is 17.8 Å². The summed E-state index contributed by atoms with van der Waals surface area (Å²) in [7, 11) is -3.74. The molecule has 4 rings (SSSR count). The summed E-state index contributed by atoms with van der Waals surface area (Å²) in [6.45, 7) is 0.520. The van der Waals surface area contributed by atoms with Crippen molar-refractivity contribution in [2.45, 2.75) is 16.9 Å². The second kappa shape index (κ2) is 7.89. The number of pyridine rings is 1. The first-order valence-electron chi connectivity index (χ1n) is 9.43. The van der Waals surface area contributed by atoms with Gasteiger partial charge in [-0.1, -0.05) is 30.3 Å². The zero-order valence-electron chi connectivity index (χ0n) is 16.1. The number of amides is 1. The predicted molar refractivity (Wildman–Crippen MR) is 112 cm³/mol. The minimum Gasteiger partial charge on any atom is -0.386 e. The number of aliphatic hydroxyl groups is 1. The fourth-order valence-electron chi connectivity index (χ4n) is 3.48. The fourth-order valence-corrected chi connectivity index (χ4v) is 4.50. The number of rotatable bonds is 6. The number of likely N-dealkylation sites (tertiary alicyclic amines) is 1. The maximum atomic E-state index is 12.7. The number of aromatic nitrogens is 1. The number of β-amino-alcohol motifs (C(OH)–C–C–N with tert-alkyl or cyclic N) is 1. The Kier molecular flexibility index (Phi) is 5.27. The number of sulfonamides is 1. The third-order valence-electron chi connectivity index (χ3n) is 4.96. The smallest absolute Gasteiger partial charge is 0.263 e. The van der Waals surface area contributed by atoms with E-state index in [1.54, 1.807) is 23.1 Å². The minimum absolute atomic E-state index is 0.0587. The van der Waals surface area contributed by atoms with Crippen LogP contribution in [0.1, 0.15) is 15.9 Å². The summed E-state index contributed by atoms with van der Waals surface area (Å²) in [5, 5.41) is 10.6. The van der Waals surface area contributed by atoms with Crippen molar-refractivity contribution in [3.63, 3.8) is 0 Å². The molecule has 7 nitrogen and oxygen atoms in total. The highest BCUT2D eigenvalue weighted by atomic mass is 32.2. The molecule has 0 atom stereocenters. The maximum absolute atomic E-state index is 12.7. The van der Waals surface area contributed by atoms with Crippen LogP contribution < -0.4 is 4.72 Å². The second-order valence-electron chi connectivity index (χ2n) is 7.42. The fraction of sp³-hybridized carbons (Fsp3) is 0.182. The van der Waals surface area contributed by atoms with E-state index in [9.17, 15) is 18.3 Å². The summed E-state index contributed by atoms with van der Waals surface area (Å²) in [4.78, 5) is 18.1. The van der Waals surface area contributed by atoms with E-state index in [1.165, 1.54) is 30.6 Å². The molecule has 154 valence electrons. The van der Waals surface area contributed by atoms with Gasteiger partial charge in [0, 0.05) is 30.1 Å². The summed E-state index contributed by atoms with van der Waals surface area (Å²) < 4.78 is 27.2. The molecule has 1 saturated heterocycles. The summed E-state index contributed by atoms with van der Waals surface area (Å²) in [6, 6.07) is 18.9. The van der Waals surface area contributed by atoms with Gasteiger partial charge in [0.1, 0.15) is 10.5 Å². The van der Waals surface area contributed by atoms with Crippen LogP contribution in [0.3, 0.4) is 0 Å². The Morgan fingerprint density at radius 3 is 2.37 bits per heavy atom. The highest BCUT2D eigenvalue weighted by molar-refractivity contribution is 7.92. The van der Waals surface area contributed by atoms with Crippen LogP contribution in [-0.4, -0.2) is 48.0 Å². The van der Waals surface area contributed by atoms with E-state index >= 15 is 0 Å². The van der Waals surface area contributed by atoms with Gasteiger partial charge >= 0.3 is 0 Å². The number of hydrogen-bond donors (Lipinski definition) is 2.